The van der Waals surface area contributed by atoms with Crippen LogP contribution in [0.2, 0.25) is 0 Å². The maximum Gasteiger partial charge on any atom is 0.276 e. The molecule has 0 saturated heterocycles. The van der Waals surface area contributed by atoms with Crippen molar-refractivity contribution in [3.05, 3.63) is 71.4 Å². The Bertz CT molecular complexity index is 985. The molecule has 3 aromatic rings. The number of fused-ring (bicyclic) bond motifs is 1. The molecule has 0 fully saturated rings. The quantitative estimate of drug-likeness (QED) is 0.683. The van der Waals surface area contributed by atoms with E-state index in [4.69, 9.17) is 4.74 Å². The molecule has 1 heterocycles. The number of benzene rings is 2. The van der Waals surface area contributed by atoms with Crippen LogP contribution in [0.25, 0.3) is 10.9 Å². The van der Waals surface area contributed by atoms with E-state index in [1.54, 1.807) is 6.07 Å². The maximum atomic E-state index is 12.5. The Kier molecular flexibility index (Phi) is 5.66. The Hall–Kier alpha value is -3.41. The van der Waals surface area contributed by atoms with E-state index in [9.17, 15) is 9.59 Å². The van der Waals surface area contributed by atoms with Gasteiger partial charge in [-0.2, -0.15) is 0 Å². The summed E-state index contributed by atoms with van der Waals surface area (Å²) >= 11 is 0. The number of carbonyl (C=O) groups is 2. The standard InChI is InChI=1S/C21H21N3O3/c1-3-15-8-4-7-11-19(15)27-13-20(25)23-24-21(26)17-12-14(2)22-18-10-6-5-9-16(17)18/h4-12H,3,13H2,1-2H3,(H,23,25)(H,24,26). The molecule has 6 heteroatoms. The minimum absolute atomic E-state index is 0.187. The van der Waals surface area contributed by atoms with Gasteiger partial charge in [0.2, 0.25) is 0 Å². The van der Waals surface area contributed by atoms with E-state index in [0.29, 0.717) is 11.3 Å². The fourth-order valence-electron chi connectivity index (χ4n) is 2.81. The van der Waals surface area contributed by atoms with Gasteiger partial charge in [0, 0.05) is 11.1 Å². The molecule has 0 unspecified atom stereocenters. The van der Waals surface area contributed by atoms with Gasteiger partial charge in [-0.1, -0.05) is 43.3 Å². The first-order chi connectivity index (χ1) is 13.1. The number of pyridine rings is 1. The summed E-state index contributed by atoms with van der Waals surface area (Å²) in [5.74, 6) is -0.180. The fraction of sp³-hybridized carbons (Fsp3) is 0.190. The molecule has 3 rings (SSSR count). The number of ether oxygens (including phenoxy) is 1. The Labute approximate surface area is 157 Å². The van der Waals surface area contributed by atoms with Gasteiger partial charge in [-0.3, -0.25) is 25.4 Å². The summed E-state index contributed by atoms with van der Waals surface area (Å²) in [5.41, 5.74) is 7.76. The van der Waals surface area contributed by atoms with Crippen LogP contribution in [-0.2, 0) is 11.2 Å². The molecule has 138 valence electrons. The number of nitrogens with zero attached hydrogens (tertiary/aromatic N) is 1. The third kappa shape index (κ3) is 4.41. The Morgan fingerprint density at radius 1 is 1.04 bits per heavy atom. The lowest BCUT2D eigenvalue weighted by Crippen LogP contribution is -2.44. The Morgan fingerprint density at radius 2 is 1.78 bits per heavy atom. The SMILES string of the molecule is CCc1ccccc1OCC(=O)NNC(=O)c1cc(C)nc2ccccc12. The highest BCUT2D eigenvalue weighted by atomic mass is 16.5. The minimum Gasteiger partial charge on any atom is -0.483 e. The van der Waals surface area contributed by atoms with Crippen LogP contribution in [0, 0.1) is 6.92 Å². The maximum absolute atomic E-state index is 12.5. The summed E-state index contributed by atoms with van der Waals surface area (Å²) in [6.07, 6.45) is 0.809. The van der Waals surface area contributed by atoms with E-state index in [2.05, 4.69) is 15.8 Å². The molecular weight excluding hydrogens is 342 g/mol. The number of hydrogen-bond donors (Lipinski definition) is 2. The zero-order valence-corrected chi connectivity index (χ0v) is 15.3. The van der Waals surface area contributed by atoms with Gasteiger partial charge in [0.15, 0.2) is 6.61 Å². The van der Waals surface area contributed by atoms with Crippen molar-refractivity contribution in [2.24, 2.45) is 0 Å². The largest absolute Gasteiger partial charge is 0.483 e. The van der Waals surface area contributed by atoms with Crippen molar-refractivity contribution in [2.75, 3.05) is 6.61 Å². The van der Waals surface area contributed by atoms with Crippen molar-refractivity contribution < 1.29 is 14.3 Å². The van der Waals surface area contributed by atoms with E-state index in [0.717, 1.165) is 28.6 Å². The number of para-hydroxylation sites is 2. The molecule has 2 amide bonds. The third-order valence-electron chi connectivity index (χ3n) is 4.12. The van der Waals surface area contributed by atoms with Crippen LogP contribution in [0.15, 0.2) is 54.6 Å². The van der Waals surface area contributed by atoms with Crippen molar-refractivity contribution >= 4 is 22.7 Å². The molecule has 0 radical (unpaired) electrons. The highest BCUT2D eigenvalue weighted by Crippen LogP contribution is 2.19. The van der Waals surface area contributed by atoms with Crippen molar-refractivity contribution in [1.82, 2.24) is 15.8 Å². The second-order valence-electron chi connectivity index (χ2n) is 6.08. The lowest BCUT2D eigenvalue weighted by Gasteiger charge is -2.12. The lowest BCUT2D eigenvalue weighted by atomic mass is 10.1. The van der Waals surface area contributed by atoms with Gasteiger partial charge in [0.05, 0.1) is 11.1 Å². The minimum atomic E-state index is -0.440. The van der Waals surface area contributed by atoms with Gasteiger partial charge >= 0.3 is 0 Å². The van der Waals surface area contributed by atoms with Crippen molar-refractivity contribution in [1.29, 1.82) is 0 Å². The molecule has 0 aliphatic rings. The summed E-state index contributed by atoms with van der Waals surface area (Å²) in [7, 11) is 0. The van der Waals surface area contributed by atoms with Crippen molar-refractivity contribution in [2.45, 2.75) is 20.3 Å². The zero-order chi connectivity index (χ0) is 19.2. The number of carbonyl (C=O) groups excluding carboxylic acids is 2. The van der Waals surface area contributed by atoms with Crippen molar-refractivity contribution in [3.63, 3.8) is 0 Å². The summed E-state index contributed by atoms with van der Waals surface area (Å²) in [6, 6.07) is 16.6. The van der Waals surface area contributed by atoms with Crippen LogP contribution in [-0.4, -0.2) is 23.4 Å². The first-order valence-corrected chi connectivity index (χ1v) is 8.74. The average molecular weight is 363 g/mol. The second kappa shape index (κ2) is 8.31. The van der Waals surface area contributed by atoms with E-state index in [1.807, 2.05) is 62.4 Å². The molecule has 27 heavy (non-hydrogen) atoms. The van der Waals surface area contributed by atoms with Gasteiger partial charge < -0.3 is 4.74 Å². The molecule has 0 saturated carbocycles. The first kappa shape index (κ1) is 18.4. The zero-order valence-electron chi connectivity index (χ0n) is 15.3. The number of aromatic nitrogens is 1. The summed E-state index contributed by atoms with van der Waals surface area (Å²) < 4.78 is 5.54. The van der Waals surface area contributed by atoms with Gasteiger partial charge in [-0.25, -0.2) is 0 Å². The van der Waals surface area contributed by atoms with Crippen LogP contribution >= 0.6 is 0 Å². The number of hydrogen-bond acceptors (Lipinski definition) is 4. The normalized spacial score (nSPS) is 10.4. The monoisotopic (exact) mass is 363 g/mol. The highest BCUT2D eigenvalue weighted by Gasteiger charge is 2.13. The second-order valence-corrected chi connectivity index (χ2v) is 6.08. The van der Waals surface area contributed by atoms with E-state index in [-0.39, 0.29) is 6.61 Å². The van der Waals surface area contributed by atoms with Crippen LogP contribution in [0.3, 0.4) is 0 Å². The molecule has 0 bridgehead atoms. The van der Waals surface area contributed by atoms with Gasteiger partial charge in [-0.05, 0) is 37.1 Å². The van der Waals surface area contributed by atoms with E-state index < -0.39 is 11.8 Å². The summed E-state index contributed by atoms with van der Waals surface area (Å²) in [6.45, 7) is 3.65. The average Bonchev–Trinajstić information content (AvgIpc) is 2.69. The fourth-order valence-corrected chi connectivity index (χ4v) is 2.81. The molecule has 2 N–H and O–H groups in total. The van der Waals surface area contributed by atoms with Crippen LogP contribution in [0.5, 0.6) is 5.75 Å². The topological polar surface area (TPSA) is 80.3 Å². The summed E-state index contributed by atoms with van der Waals surface area (Å²) in [4.78, 5) is 28.9. The smallest absolute Gasteiger partial charge is 0.276 e. The highest BCUT2D eigenvalue weighted by molar-refractivity contribution is 6.06. The van der Waals surface area contributed by atoms with Crippen LogP contribution in [0.4, 0.5) is 0 Å². The molecular formula is C21H21N3O3. The van der Waals surface area contributed by atoms with Gasteiger partial charge in [-0.15, -0.1) is 0 Å². The van der Waals surface area contributed by atoms with Gasteiger partial charge in [0.1, 0.15) is 5.75 Å². The summed E-state index contributed by atoms with van der Waals surface area (Å²) in [5, 5.41) is 0.725. The van der Waals surface area contributed by atoms with Gasteiger partial charge in [0.25, 0.3) is 11.8 Å². The Balaban J connectivity index is 1.62. The molecule has 0 spiro atoms. The third-order valence-corrected chi connectivity index (χ3v) is 4.12. The molecule has 6 nitrogen and oxygen atoms in total. The number of rotatable bonds is 5. The number of aryl methyl sites for hydroxylation is 2. The number of amides is 2. The van der Waals surface area contributed by atoms with E-state index >= 15 is 0 Å². The number of hydrazine groups is 1. The van der Waals surface area contributed by atoms with Crippen LogP contribution in [0.1, 0.15) is 28.5 Å². The first-order valence-electron chi connectivity index (χ1n) is 8.74. The predicted octanol–water partition coefficient (Wildman–Crippen LogP) is 2.95. The Morgan fingerprint density at radius 3 is 2.59 bits per heavy atom. The number of nitrogens with one attached hydrogen (secondary N) is 2. The van der Waals surface area contributed by atoms with E-state index in [1.165, 1.54) is 0 Å². The van der Waals surface area contributed by atoms with Crippen molar-refractivity contribution in [3.8, 4) is 5.75 Å². The van der Waals surface area contributed by atoms with Crippen LogP contribution < -0.4 is 15.6 Å². The molecule has 2 aromatic carbocycles. The molecule has 0 atom stereocenters. The predicted molar refractivity (Wildman–Crippen MR) is 103 cm³/mol. The molecule has 1 aromatic heterocycles. The molecule has 0 aliphatic carbocycles. The molecule has 0 aliphatic heterocycles. The lowest BCUT2D eigenvalue weighted by molar-refractivity contribution is -0.123.